The van der Waals surface area contributed by atoms with E-state index in [1.54, 1.807) is 19.1 Å². The number of carboxylic acids is 1. The maximum atomic E-state index is 13.8. The van der Waals surface area contributed by atoms with Gasteiger partial charge in [-0.25, -0.2) is 4.39 Å². The lowest BCUT2D eigenvalue weighted by molar-refractivity contribution is -0.155. The standard InChI is InChI=1S/C19H22FNO3/c1-3-4-14-11(2)15(5-6-16(14)20)17(22)21-13-9-19(10-13)7-12(8-19)18(23)24/h3-6,12-13H,7-10H2,1-2H3,(H,21,22)(H,23,24)/b4-3-. The zero-order valence-electron chi connectivity index (χ0n) is 13.9. The Labute approximate surface area is 140 Å². The molecule has 0 bridgehead atoms. The van der Waals surface area contributed by atoms with E-state index in [0.717, 1.165) is 25.7 Å². The van der Waals surface area contributed by atoms with Gasteiger partial charge in [-0.2, -0.15) is 0 Å². The van der Waals surface area contributed by atoms with Gasteiger partial charge in [-0.3, -0.25) is 9.59 Å². The van der Waals surface area contributed by atoms with Crippen molar-refractivity contribution in [2.75, 3.05) is 0 Å². The Balaban J connectivity index is 1.61. The first-order valence-corrected chi connectivity index (χ1v) is 8.31. The second-order valence-corrected chi connectivity index (χ2v) is 7.16. The Hall–Kier alpha value is -2.17. The molecule has 1 spiro atoms. The van der Waals surface area contributed by atoms with Crippen molar-refractivity contribution >= 4 is 18.0 Å². The molecule has 1 aromatic carbocycles. The number of benzene rings is 1. The number of halogens is 1. The average Bonchev–Trinajstić information content (AvgIpc) is 2.43. The fourth-order valence-corrected chi connectivity index (χ4v) is 4.16. The van der Waals surface area contributed by atoms with Crippen LogP contribution in [-0.4, -0.2) is 23.0 Å². The largest absolute Gasteiger partial charge is 0.481 e. The second-order valence-electron chi connectivity index (χ2n) is 7.16. The number of carbonyl (C=O) groups excluding carboxylic acids is 1. The molecular formula is C19H22FNO3. The smallest absolute Gasteiger partial charge is 0.306 e. The molecule has 2 aliphatic carbocycles. The molecule has 0 unspecified atom stereocenters. The van der Waals surface area contributed by atoms with Crippen LogP contribution in [-0.2, 0) is 4.79 Å². The summed E-state index contributed by atoms with van der Waals surface area (Å²) in [6.45, 7) is 3.56. The summed E-state index contributed by atoms with van der Waals surface area (Å²) in [5.74, 6) is -1.46. The van der Waals surface area contributed by atoms with Crippen LogP contribution in [0.25, 0.3) is 6.08 Å². The minimum atomic E-state index is -0.716. The number of hydrogen-bond donors (Lipinski definition) is 2. The van der Waals surface area contributed by atoms with Crippen LogP contribution in [0.3, 0.4) is 0 Å². The summed E-state index contributed by atoms with van der Waals surface area (Å²) < 4.78 is 13.8. The molecule has 2 N–H and O–H groups in total. The molecule has 0 radical (unpaired) electrons. The predicted molar refractivity (Wildman–Crippen MR) is 89.1 cm³/mol. The van der Waals surface area contributed by atoms with Gasteiger partial charge in [-0.1, -0.05) is 12.2 Å². The van der Waals surface area contributed by atoms with E-state index in [1.165, 1.54) is 12.1 Å². The molecule has 3 rings (SSSR count). The molecular weight excluding hydrogens is 309 g/mol. The summed E-state index contributed by atoms with van der Waals surface area (Å²) in [6.07, 6.45) is 6.53. The van der Waals surface area contributed by atoms with Gasteiger partial charge in [0.05, 0.1) is 5.92 Å². The zero-order valence-corrected chi connectivity index (χ0v) is 13.9. The fraction of sp³-hybridized carbons (Fsp3) is 0.474. The summed E-state index contributed by atoms with van der Waals surface area (Å²) in [4.78, 5) is 23.4. The minimum absolute atomic E-state index is 0.0851. The first-order valence-electron chi connectivity index (χ1n) is 8.31. The van der Waals surface area contributed by atoms with Crippen molar-refractivity contribution in [3.63, 3.8) is 0 Å². The third-order valence-electron chi connectivity index (χ3n) is 5.44. The van der Waals surface area contributed by atoms with Crippen molar-refractivity contribution in [3.05, 3.63) is 40.7 Å². The number of nitrogens with one attached hydrogen (secondary N) is 1. The third kappa shape index (κ3) is 2.83. The Morgan fingerprint density at radius 3 is 2.54 bits per heavy atom. The first kappa shape index (κ1) is 16.7. The Kier molecular flexibility index (Phi) is 4.20. The van der Waals surface area contributed by atoms with Gasteiger partial charge in [0.25, 0.3) is 5.91 Å². The van der Waals surface area contributed by atoms with E-state index < -0.39 is 5.97 Å². The van der Waals surface area contributed by atoms with Crippen molar-refractivity contribution in [1.82, 2.24) is 5.32 Å². The highest BCUT2D eigenvalue weighted by atomic mass is 19.1. The number of carboxylic acid groups (broad SMARTS) is 1. The summed E-state index contributed by atoms with van der Waals surface area (Å²) in [7, 11) is 0. The summed E-state index contributed by atoms with van der Waals surface area (Å²) in [5, 5.41) is 12.0. The number of rotatable bonds is 4. The molecule has 5 heteroatoms. The molecule has 2 saturated carbocycles. The molecule has 4 nitrogen and oxygen atoms in total. The van der Waals surface area contributed by atoms with E-state index in [9.17, 15) is 14.0 Å². The van der Waals surface area contributed by atoms with Crippen molar-refractivity contribution in [2.45, 2.75) is 45.6 Å². The molecule has 0 aromatic heterocycles. The van der Waals surface area contributed by atoms with Gasteiger partial charge >= 0.3 is 5.97 Å². The molecule has 1 amide bonds. The maximum Gasteiger partial charge on any atom is 0.306 e. The van der Waals surface area contributed by atoms with Gasteiger partial charge < -0.3 is 10.4 Å². The lowest BCUT2D eigenvalue weighted by Gasteiger charge is -2.56. The molecule has 0 aliphatic heterocycles. The van der Waals surface area contributed by atoms with Crippen molar-refractivity contribution in [1.29, 1.82) is 0 Å². The maximum absolute atomic E-state index is 13.8. The van der Waals surface area contributed by atoms with Crippen LogP contribution in [0.5, 0.6) is 0 Å². The number of carbonyl (C=O) groups is 2. The molecule has 24 heavy (non-hydrogen) atoms. The topological polar surface area (TPSA) is 66.4 Å². The normalized spacial score (nSPS) is 28.5. The molecule has 0 saturated heterocycles. The van der Waals surface area contributed by atoms with Crippen LogP contribution in [0.2, 0.25) is 0 Å². The molecule has 2 aliphatic rings. The van der Waals surface area contributed by atoms with Crippen LogP contribution in [0.15, 0.2) is 18.2 Å². The van der Waals surface area contributed by atoms with E-state index in [-0.39, 0.29) is 29.1 Å². The Morgan fingerprint density at radius 1 is 1.29 bits per heavy atom. The van der Waals surface area contributed by atoms with Crippen molar-refractivity contribution in [2.24, 2.45) is 11.3 Å². The highest BCUT2D eigenvalue weighted by Crippen LogP contribution is 2.58. The number of amides is 1. The van der Waals surface area contributed by atoms with Gasteiger partial charge in [-0.05, 0) is 62.6 Å². The number of allylic oxidation sites excluding steroid dienone is 1. The first-order chi connectivity index (χ1) is 11.3. The number of hydrogen-bond acceptors (Lipinski definition) is 2. The SMILES string of the molecule is C/C=C\c1c(F)ccc(C(=O)NC2CC3(C2)CC(C(=O)O)C3)c1C. The van der Waals surface area contributed by atoms with Gasteiger partial charge in [0, 0.05) is 17.2 Å². The fourth-order valence-electron chi connectivity index (χ4n) is 4.16. The van der Waals surface area contributed by atoms with Crippen molar-refractivity contribution in [3.8, 4) is 0 Å². The molecule has 0 atom stereocenters. The average molecular weight is 331 g/mol. The lowest BCUT2D eigenvalue weighted by atomic mass is 9.50. The van der Waals surface area contributed by atoms with E-state index in [1.807, 2.05) is 6.92 Å². The molecule has 2 fully saturated rings. The van der Waals surface area contributed by atoms with Gasteiger partial charge in [0.2, 0.25) is 0 Å². The summed E-state index contributed by atoms with van der Waals surface area (Å²) >= 11 is 0. The van der Waals surface area contributed by atoms with Crippen LogP contribution in [0.1, 0.15) is 54.1 Å². The van der Waals surface area contributed by atoms with Gasteiger partial charge in [0.15, 0.2) is 0 Å². The summed E-state index contributed by atoms with van der Waals surface area (Å²) in [6, 6.07) is 2.93. The van der Waals surface area contributed by atoms with Gasteiger partial charge in [-0.15, -0.1) is 0 Å². The van der Waals surface area contributed by atoms with Crippen molar-refractivity contribution < 1.29 is 19.1 Å². The third-order valence-corrected chi connectivity index (χ3v) is 5.44. The van der Waals surface area contributed by atoms with Crippen LogP contribution in [0, 0.1) is 24.1 Å². The molecule has 1 aromatic rings. The zero-order chi connectivity index (χ0) is 17.5. The van der Waals surface area contributed by atoms with Gasteiger partial charge in [0.1, 0.15) is 5.82 Å². The minimum Gasteiger partial charge on any atom is -0.481 e. The van der Waals surface area contributed by atoms with Crippen LogP contribution in [0.4, 0.5) is 4.39 Å². The molecule has 128 valence electrons. The molecule has 0 heterocycles. The highest BCUT2D eigenvalue weighted by molar-refractivity contribution is 5.96. The van der Waals surface area contributed by atoms with E-state index in [4.69, 9.17) is 5.11 Å². The van der Waals surface area contributed by atoms with E-state index in [0.29, 0.717) is 16.7 Å². The lowest BCUT2D eigenvalue weighted by Crippen LogP contribution is -2.57. The Morgan fingerprint density at radius 2 is 1.96 bits per heavy atom. The van der Waals surface area contributed by atoms with Crippen LogP contribution >= 0.6 is 0 Å². The monoisotopic (exact) mass is 331 g/mol. The predicted octanol–water partition coefficient (Wildman–Crippen LogP) is 3.54. The summed E-state index contributed by atoms with van der Waals surface area (Å²) in [5.41, 5.74) is 1.69. The van der Waals surface area contributed by atoms with E-state index >= 15 is 0 Å². The Bertz CT molecular complexity index is 712. The number of aliphatic carboxylic acids is 1. The van der Waals surface area contributed by atoms with Crippen LogP contribution < -0.4 is 5.32 Å². The highest BCUT2D eigenvalue weighted by Gasteiger charge is 2.55. The quantitative estimate of drug-likeness (QED) is 0.887. The van der Waals surface area contributed by atoms with E-state index in [2.05, 4.69) is 5.32 Å². The second kappa shape index (κ2) is 6.04.